The maximum atomic E-state index is 12.9. The molecule has 2 rings (SSSR count). The van der Waals surface area contributed by atoms with E-state index < -0.39 is 17.9 Å². The molecule has 0 bridgehead atoms. The fourth-order valence-electron chi connectivity index (χ4n) is 1.22. The number of hydrazine groups is 3. The van der Waals surface area contributed by atoms with E-state index in [1.165, 1.54) is 18.2 Å². The minimum atomic E-state index is -1.46. The molecular formula is C8H7FN4O3. The van der Waals surface area contributed by atoms with Gasteiger partial charge < -0.3 is 5.11 Å². The van der Waals surface area contributed by atoms with Crippen LogP contribution in [0.1, 0.15) is 0 Å². The van der Waals surface area contributed by atoms with Crippen molar-refractivity contribution >= 4 is 17.8 Å². The Hall–Kier alpha value is -2.19. The van der Waals surface area contributed by atoms with Crippen molar-refractivity contribution in [3.63, 3.8) is 0 Å². The number of carbonyl (C=O) groups is 2. The van der Waals surface area contributed by atoms with Crippen LogP contribution in [-0.2, 0) is 0 Å². The Morgan fingerprint density at radius 3 is 2.69 bits per heavy atom. The maximum Gasteiger partial charge on any atom is 0.431 e. The Labute approximate surface area is 89.0 Å². The van der Waals surface area contributed by atoms with Gasteiger partial charge in [-0.25, -0.2) is 19.0 Å². The van der Waals surface area contributed by atoms with Crippen molar-refractivity contribution < 1.29 is 19.1 Å². The molecule has 7 nitrogen and oxygen atoms in total. The Bertz CT molecular complexity index is 453. The van der Waals surface area contributed by atoms with Gasteiger partial charge in [-0.3, -0.25) is 0 Å². The van der Waals surface area contributed by atoms with Crippen LogP contribution in [0.15, 0.2) is 24.3 Å². The Kier molecular flexibility index (Phi) is 2.43. The van der Waals surface area contributed by atoms with Gasteiger partial charge in [0.05, 0.1) is 5.69 Å². The topological polar surface area (TPSA) is 84.9 Å². The minimum Gasteiger partial charge on any atom is -0.464 e. The van der Waals surface area contributed by atoms with Crippen LogP contribution in [0.3, 0.4) is 0 Å². The number of urea groups is 1. The lowest BCUT2D eigenvalue weighted by molar-refractivity contribution is 0.140. The van der Waals surface area contributed by atoms with Crippen molar-refractivity contribution in [1.29, 1.82) is 0 Å². The van der Waals surface area contributed by atoms with E-state index >= 15 is 0 Å². The number of carboxylic acid groups (broad SMARTS) is 1. The summed E-state index contributed by atoms with van der Waals surface area (Å²) in [5, 5.41) is 9.82. The summed E-state index contributed by atoms with van der Waals surface area (Å²) >= 11 is 0. The zero-order chi connectivity index (χ0) is 11.7. The van der Waals surface area contributed by atoms with Crippen LogP contribution in [0, 0.1) is 5.82 Å². The first-order chi connectivity index (χ1) is 7.59. The highest BCUT2D eigenvalue weighted by atomic mass is 19.1. The molecule has 0 aliphatic carbocycles. The van der Waals surface area contributed by atoms with E-state index in [1.54, 1.807) is 0 Å². The summed E-state index contributed by atoms with van der Waals surface area (Å²) in [6, 6.07) is 4.31. The largest absolute Gasteiger partial charge is 0.464 e. The number of nitrogens with one attached hydrogen (secondary N) is 2. The van der Waals surface area contributed by atoms with Gasteiger partial charge in [-0.15, -0.1) is 16.1 Å². The van der Waals surface area contributed by atoms with Gasteiger partial charge in [0.2, 0.25) is 0 Å². The first-order valence-electron chi connectivity index (χ1n) is 4.23. The fraction of sp³-hybridized carbons (Fsp3) is 0. The van der Waals surface area contributed by atoms with Gasteiger partial charge in [0.15, 0.2) is 0 Å². The Balaban J connectivity index is 2.25. The first-order valence-corrected chi connectivity index (χ1v) is 4.23. The second-order valence-corrected chi connectivity index (χ2v) is 2.94. The summed E-state index contributed by atoms with van der Waals surface area (Å²) in [6.45, 7) is 0. The summed E-state index contributed by atoms with van der Waals surface area (Å²) in [7, 11) is 0. The molecule has 0 saturated carbocycles. The molecule has 8 heteroatoms. The van der Waals surface area contributed by atoms with Gasteiger partial charge in [0.1, 0.15) is 5.82 Å². The van der Waals surface area contributed by atoms with E-state index in [0.717, 1.165) is 11.1 Å². The average Bonchev–Trinajstić information content (AvgIpc) is 2.60. The Morgan fingerprint density at radius 2 is 2.12 bits per heavy atom. The lowest BCUT2D eigenvalue weighted by Gasteiger charge is -2.12. The third-order valence-electron chi connectivity index (χ3n) is 1.91. The molecule has 84 valence electrons. The number of hydrogen-bond donors (Lipinski definition) is 3. The molecule has 3 N–H and O–H groups in total. The van der Waals surface area contributed by atoms with Crippen molar-refractivity contribution in [1.82, 2.24) is 16.1 Å². The summed E-state index contributed by atoms with van der Waals surface area (Å²) in [5.41, 5.74) is 4.60. The van der Waals surface area contributed by atoms with E-state index in [0.29, 0.717) is 5.01 Å². The number of rotatable bonds is 1. The summed E-state index contributed by atoms with van der Waals surface area (Å²) in [4.78, 5) is 22.0. The normalized spacial score (nSPS) is 15.7. The Morgan fingerprint density at radius 1 is 1.38 bits per heavy atom. The van der Waals surface area contributed by atoms with Crippen LogP contribution >= 0.6 is 0 Å². The lowest BCUT2D eigenvalue weighted by Crippen LogP contribution is -2.41. The zero-order valence-electron chi connectivity index (χ0n) is 7.85. The molecule has 0 radical (unpaired) electrons. The first kappa shape index (κ1) is 10.3. The molecule has 1 heterocycles. The fourth-order valence-corrected chi connectivity index (χ4v) is 1.22. The van der Waals surface area contributed by atoms with Gasteiger partial charge in [-0.1, -0.05) is 6.07 Å². The third-order valence-corrected chi connectivity index (χ3v) is 1.91. The smallest absolute Gasteiger partial charge is 0.431 e. The molecule has 0 spiro atoms. The number of hydrogen-bond acceptors (Lipinski definition) is 4. The van der Waals surface area contributed by atoms with Gasteiger partial charge >= 0.3 is 12.1 Å². The van der Waals surface area contributed by atoms with Crippen molar-refractivity contribution in [2.24, 2.45) is 0 Å². The number of amides is 3. The standard InChI is InChI=1S/C8H7FN4O3/c9-5-2-1-3-6(4-5)12-7(14)13(8(15)16)11-10-12/h1-4,10-11H,(H,15,16). The summed E-state index contributed by atoms with van der Waals surface area (Å²) in [5.74, 6) is -0.527. The number of anilines is 1. The monoisotopic (exact) mass is 226 g/mol. The molecule has 1 aliphatic heterocycles. The van der Waals surface area contributed by atoms with Crippen molar-refractivity contribution in [3.8, 4) is 0 Å². The van der Waals surface area contributed by atoms with Crippen molar-refractivity contribution in [2.75, 3.05) is 5.01 Å². The van der Waals surface area contributed by atoms with Crippen LogP contribution in [0.2, 0.25) is 0 Å². The molecule has 1 aromatic carbocycles. The molecule has 1 fully saturated rings. The number of carbonyl (C=O) groups excluding carboxylic acids is 1. The van der Waals surface area contributed by atoms with E-state index in [1.807, 2.05) is 0 Å². The van der Waals surface area contributed by atoms with Crippen LogP contribution in [0.25, 0.3) is 0 Å². The number of nitrogens with zero attached hydrogens (tertiary/aromatic N) is 2. The van der Waals surface area contributed by atoms with E-state index in [2.05, 4.69) is 11.1 Å². The molecule has 1 aliphatic rings. The molecule has 0 atom stereocenters. The van der Waals surface area contributed by atoms with E-state index in [9.17, 15) is 14.0 Å². The zero-order valence-corrected chi connectivity index (χ0v) is 7.85. The van der Waals surface area contributed by atoms with Gasteiger partial charge in [0, 0.05) is 0 Å². The number of imide groups is 1. The predicted octanol–water partition coefficient (Wildman–Crippen LogP) is 0.670. The van der Waals surface area contributed by atoms with Crippen LogP contribution in [0.5, 0.6) is 0 Å². The lowest BCUT2D eigenvalue weighted by atomic mass is 10.3. The SMILES string of the molecule is O=C(O)N1NNN(c2cccc(F)c2)C1=O. The molecule has 1 saturated heterocycles. The van der Waals surface area contributed by atoms with Crippen molar-refractivity contribution in [2.45, 2.75) is 0 Å². The second-order valence-electron chi connectivity index (χ2n) is 2.94. The highest BCUT2D eigenvalue weighted by Gasteiger charge is 2.34. The van der Waals surface area contributed by atoms with Gasteiger partial charge in [0.25, 0.3) is 0 Å². The quantitative estimate of drug-likeness (QED) is 0.655. The van der Waals surface area contributed by atoms with Crippen LogP contribution in [-0.4, -0.2) is 22.2 Å². The van der Waals surface area contributed by atoms with E-state index in [4.69, 9.17) is 5.11 Å². The molecule has 1 aromatic rings. The predicted molar refractivity (Wildman–Crippen MR) is 50.4 cm³/mol. The molecule has 3 amide bonds. The van der Waals surface area contributed by atoms with Crippen LogP contribution in [0.4, 0.5) is 19.7 Å². The molecule has 0 unspecified atom stereocenters. The summed E-state index contributed by atoms with van der Waals surface area (Å²) < 4.78 is 12.9. The molecule has 0 aromatic heterocycles. The minimum absolute atomic E-state index is 0.196. The number of halogens is 1. The van der Waals surface area contributed by atoms with Crippen molar-refractivity contribution in [3.05, 3.63) is 30.1 Å². The highest BCUT2D eigenvalue weighted by Crippen LogP contribution is 2.16. The average molecular weight is 226 g/mol. The van der Waals surface area contributed by atoms with Gasteiger partial charge in [-0.05, 0) is 18.2 Å². The van der Waals surface area contributed by atoms with Gasteiger partial charge in [-0.2, -0.15) is 0 Å². The maximum absolute atomic E-state index is 12.9. The summed E-state index contributed by atoms with van der Waals surface area (Å²) in [6.07, 6.45) is -1.46. The highest BCUT2D eigenvalue weighted by molar-refractivity contribution is 6.00. The van der Waals surface area contributed by atoms with E-state index in [-0.39, 0.29) is 5.69 Å². The number of benzene rings is 1. The molecular weight excluding hydrogens is 219 g/mol. The molecule has 16 heavy (non-hydrogen) atoms. The van der Waals surface area contributed by atoms with Crippen LogP contribution < -0.4 is 16.1 Å². The second kappa shape index (κ2) is 3.76. The third kappa shape index (κ3) is 1.66.